The van der Waals surface area contributed by atoms with Gasteiger partial charge in [-0.15, -0.1) is 20.4 Å². The molecule has 2 aromatic heterocycles. The van der Waals surface area contributed by atoms with Crippen LogP contribution in [0.25, 0.3) is 11.4 Å². The number of H-pyrrole nitrogens is 1. The van der Waals surface area contributed by atoms with Crippen LogP contribution in [0.4, 0.5) is 4.39 Å². The van der Waals surface area contributed by atoms with Crippen molar-refractivity contribution in [2.45, 2.75) is 6.54 Å². The third-order valence-corrected chi connectivity index (χ3v) is 2.21. The first-order valence-corrected chi connectivity index (χ1v) is 5.07. The van der Waals surface area contributed by atoms with Gasteiger partial charge in [-0.25, -0.2) is 4.39 Å². The molecule has 3 rings (SSSR count). The summed E-state index contributed by atoms with van der Waals surface area (Å²) in [6.45, 7) is 0.249. The van der Waals surface area contributed by atoms with E-state index in [-0.39, 0.29) is 12.4 Å². The molecule has 0 aliphatic heterocycles. The van der Waals surface area contributed by atoms with Gasteiger partial charge in [0.1, 0.15) is 12.4 Å². The summed E-state index contributed by atoms with van der Waals surface area (Å²) in [7, 11) is 0. The van der Waals surface area contributed by atoms with Crippen molar-refractivity contribution in [2.75, 3.05) is 0 Å². The van der Waals surface area contributed by atoms with Crippen molar-refractivity contribution < 1.29 is 4.39 Å². The minimum atomic E-state index is -0.345. The molecule has 0 saturated carbocycles. The van der Waals surface area contributed by atoms with Crippen molar-refractivity contribution >= 4 is 0 Å². The number of nitrogens with zero attached hydrogens (tertiary/aromatic N) is 7. The Bertz CT molecular complexity index is 646. The number of benzene rings is 1. The summed E-state index contributed by atoms with van der Waals surface area (Å²) in [6.07, 6.45) is 0. The van der Waals surface area contributed by atoms with Crippen LogP contribution in [0, 0.1) is 5.82 Å². The Hall–Kier alpha value is -2.71. The fourth-order valence-electron chi connectivity index (χ4n) is 1.43. The highest BCUT2D eigenvalue weighted by Gasteiger charge is 2.08. The summed E-state index contributed by atoms with van der Waals surface area (Å²) in [6, 6.07) is 5.99. The highest BCUT2D eigenvalue weighted by molar-refractivity contribution is 5.53. The van der Waals surface area contributed by atoms with E-state index >= 15 is 0 Å². The molecule has 0 saturated heterocycles. The standard InChI is InChI=1S/C9H7FN8/c10-7-3-1-2-6(4-7)9-13-17-18(14-9)5-8-11-15-16-12-8/h1-4H,5H2,(H,11,12,15,16). The van der Waals surface area contributed by atoms with Crippen LogP contribution in [0.3, 0.4) is 0 Å². The molecular weight excluding hydrogens is 239 g/mol. The fraction of sp³-hybridized carbons (Fsp3) is 0.111. The first-order chi connectivity index (χ1) is 8.81. The van der Waals surface area contributed by atoms with E-state index in [1.54, 1.807) is 12.1 Å². The molecule has 8 nitrogen and oxygen atoms in total. The number of nitrogens with one attached hydrogen (secondary N) is 1. The van der Waals surface area contributed by atoms with E-state index in [0.717, 1.165) is 0 Å². The number of aromatic amines is 1. The fourth-order valence-corrected chi connectivity index (χ4v) is 1.43. The van der Waals surface area contributed by atoms with Gasteiger partial charge >= 0.3 is 0 Å². The normalized spacial score (nSPS) is 10.7. The Morgan fingerprint density at radius 3 is 3.00 bits per heavy atom. The second kappa shape index (κ2) is 4.28. The Labute approximate surface area is 99.8 Å². The predicted molar refractivity (Wildman–Crippen MR) is 56.5 cm³/mol. The van der Waals surface area contributed by atoms with Crippen LogP contribution in [-0.2, 0) is 6.54 Å². The topological polar surface area (TPSA) is 98.1 Å². The van der Waals surface area contributed by atoms with Crippen molar-refractivity contribution in [1.29, 1.82) is 0 Å². The van der Waals surface area contributed by atoms with Gasteiger partial charge in [0.25, 0.3) is 0 Å². The lowest BCUT2D eigenvalue weighted by atomic mass is 10.2. The van der Waals surface area contributed by atoms with Crippen LogP contribution in [-0.4, -0.2) is 40.8 Å². The Morgan fingerprint density at radius 1 is 1.28 bits per heavy atom. The van der Waals surface area contributed by atoms with Crippen LogP contribution < -0.4 is 0 Å². The van der Waals surface area contributed by atoms with Crippen molar-refractivity contribution in [1.82, 2.24) is 40.8 Å². The average Bonchev–Trinajstić information content (AvgIpc) is 3.01. The largest absolute Gasteiger partial charge is 0.207 e. The molecule has 0 spiro atoms. The van der Waals surface area contributed by atoms with Crippen LogP contribution in [0.15, 0.2) is 24.3 Å². The lowest BCUT2D eigenvalue weighted by molar-refractivity contribution is 0.555. The number of halogens is 1. The van der Waals surface area contributed by atoms with E-state index < -0.39 is 0 Å². The molecule has 1 aromatic carbocycles. The molecule has 90 valence electrons. The highest BCUT2D eigenvalue weighted by atomic mass is 19.1. The van der Waals surface area contributed by atoms with Crippen LogP contribution >= 0.6 is 0 Å². The molecule has 3 aromatic rings. The second-order valence-electron chi connectivity index (χ2n) is 3.48. The molecule has 0 amide bonds. The van der Waals surface area contributed by atoms with Crippen LogP contribution in [0.2, 0.25) is 0 Å². The number of tetrazole rings is 2. The second-order valence-corrected chi connectivity index (χ2v) is 3.48. The van der Waals surface area contributed by atoms with Crippen molar-refractivity contribution in [3.8, 4) is 11.4 Å². The van der Waals surface area contributed by atoms with Crippen molar-refractivity contribution in [3.63, 3.8) is 0 Å². The molecule has 2 heterocycles. The third kappa shape index (κ3) is 2.05. The van der Waals surface area contributed by atoms with Crippen LogP contribution in [0.5, 0.6) is 0 Å². The first kappa shape index (κ1) is 10.4. The van der Waals surface area contributed by atoms with Gasteiger partial charge in [-0.05, 0) is 17.3 Å². The zero-order valence-electron chi connectivity index (χ0n) is 9.02. The minimum Gasteiger partial charge on any atom is -0.207 e. The maximum absolute atomic E-state index is 13.0. The molecule has 0 aliphatic rings. The van der Waals surface area contributed by atoms with E-state index in [2.05, 4.69) is 36.0 Å². The van der Waals surface area contributed by atoms with Crippen molar-refractivity contribution in [2.24, 2.45) is 0 Å². The summed E-state index contributed by atoms with van der Waals surface area (Å²) in [5.41, 5.74) is 0.564. The van der Waals surface area contributed by atoms with Gasteiger partial charge in [0.2, 0.25) is 5.82 Å². The van der Waals surface area contributed by atoms with E-state index in [4.69, 9.17) is 0 Å². The molecule has 0 atom stereocenters. The van der Waals surface area contributed by atoms with Gasteiger partial charge in [0.05, 0.1) is 0 Å². The molecule has 18 heavy (non-hydrogen) atoms. The molecule has 1 N–H and O–H groups in total. The smallest absolute Gasteiger partial charge is 0.205 e. The predicted octanol–water partition coefficient (Wildman–Crippen LogP) is 0.0406. The molecule has 0 bridgehead atoms. The summed E-state index contributed by atoms with van der Waals surface area (Å²) in [4.78, 5) is 1.31. The van der Waals surface area contributed by atoms with E-state index in [9.17, 15) is 4.39 Å². The van der Waals surface area contributed by atoms with E-state index in [0.29, 0.717) is 17.2 Å². The summed E-state index contributed by atoms with van der Waals surface area (Å²) in [5, 5.41) is 25.1. The maximum Gasteiger partial charge on any atom is 0.205 e. The monoisotopic (exact) mass is 246 g/mol. The zero-order chi connectivity index (χ0) is 12.4. The first-order valence-electron chi connectivity index (χ1n) is 5.07. The molecular formula is C9H7FN8. The zero-order valence-corrected chi connectivity index (χ0v) is 9.02. The minimum absolute atomic E-state index is 0.249. The summed E-state index contributed by atoms with van der Waals surface area (Å²) < 4.78 is 13.0. The third-order valence-electron chi connectivity index (χ3n) is 2.21. The number of aromatic nitrogens is 8. The van der Waals surface area contributed by atoms with Gasteiger partial charge in [0, 0.05) is 5.56 Å². The van der Waals surface area contributed by atoms with Gasteiger partial charge in [-0.2, -0.15) is 10.0 Å². The quantitative estimate of drug-likeness (QED) is 0.700. The Morgan fingerprint density at radius 2 is 2.22 bits per heavy atom. The summed E-state index contributed by atoms with van der Waals surface area (Å²) in [5.74, 6) is 0.443. The Kier molecular flexibility index (Phi) is 2.48. The maximum atomic E-state index is 13.0. The van der Waals surface area contributed by atoms with E-state index in [1.165, 1.54) is 16.9 Å². The van der Waals surface area contributed by atoms with E-state index in [1.807, 2.05) is 0 Å². The van der Waals surface area contributed by atoms with Crippen molar-refractivity contribution in [3.05, 3.63) is 35.9 Å². The van der Waals surface area contributed by atoms with Crippen LogP contribution in [0.1, 0.15) is 5.82 Å². The lowest BCUT2D eigenvalue weighted by Gasteiger charge is -1.94. The van der Waals surface area contributed by atoms with Gasteiger partial charge in [-0.1, -0.05) is 17.3 Å². The van der Waals surface area contributed by atoms with Gasteiger partial charge in [0.15, 0.2) is 5.82 Å². The average molecular weight is 246 g/mol. The lowest BCUT2D eigenvalue weighted by Crippen LogP contribution is -2.05. The van der Waals surface area contributed by atoms with Gasteiger partial charge in [-0.3, -0.25) is 0 Å². The molecule has 0 radical (unpaired) electrons. The summed E-state index contributed by atoms with van der Waals surface area (Å²) >= 11 is 0. The molecule has 0 aliphatic carbocycles. The SMILES string of the molecule is Fc1cccc(-c2nnn(Cc3nn[nH]n3)n2)c1. The number of hydrogen-bond acceptors (Lipinski definition) is 6. The number of rotatable bonds is 3. The van der Waals surface area contributed by atoms with Gasteiger partial charge < -0.3 is 0 Å². The Balaban J connectivity index is 1.85. The highest BCUT2D eigenvalue weighted by Crippen LogP contribution is 2.14. The molecule has 0 fully saturated rings. The molecule has 9 heteroatoms. The molecule has 0 unspecified atom stereocenters. The number of hydrogen-bond donors (Lipinski definition) is 1.